The molecule has 0 saturated carbocycles. The zero-order chi connectivity index (χ0) is 13.2. The smallest absolute Gasteiger partial charge is 0.103 e. The SMILES string of the molecule is Cc1ccc(SNc2sc3ccccc3c2C)cc1. The van der Waals surface area contributed by atoms with Crippen LogP contribution >= 0.6 is 23.3 Å². The summed E-state index contributed by atoms with van der Waals surface area (Å²) < 4.78 is 4.81. The zero-order valence-electron chi connectivity index (χ0n) is 10.9. The molecule has 0 unspecified atom stereocenters. The summed E-state index contributed by atoms with van der Waals surface area (Å²) in [5.41, 5.74) is 2.63. The van der Waals surface area contributed by atoms with Crippen LogP contribution in [0.4, 0.5) is 5.00 Å². The van der Waals surface area contributed by atoms with E-state index >= 15 is 0 Å². The van der Waals surface area contributed by atoms with Gasteiger partial charge in [-0.05, 0) is 54.9 Å². The molecule has 0 amide bonds. The number of aryl methyl sites for hydroxylation is 2. The van der Waals surface area contributed by atoms with Crippen molar-refractivity contribution in [2.45, 2.75) is 18.7 Å². The van der Waals surface area contributed by atoms with Crippen LogP contribution in [-0.4, -0.2) is 0 Å². The summed E-state index contributed by atoms with van der Waals surface area (Å²) >= 11 is 3.49. The standard InChI is InChI=1S/C16H15NS2/c1-11-7-9-13(10-8-11)19-17-16-12(2)14-5-3-4-6-15(14)18-16/h3-10,17H,1-2H3. The molecular weight excluding hydrogens is 270 g/mol. The molecule has 1 aromatic heterocycles. The third kappa shape index (κ3) is 2.62. The van der Waals surface area contributed by atoms with Crippen LogP contribution in [0.5, 0.6) is 0 Å². The van der Waals surface area contributed by atoms with Crippen LogP contribution in [0.15, 0.2) is 53.4 Å². The maximum absolute atomic E-state index is 3.47. The molecule has 1 heterocycles. The highest BCUT2D eigenvalue weighted by Crippen LogP contribution is 2.37. The van der Waals surface area contributed by atoms with E-state index in [9.17, 15) is 0 Å². The van der Waals surface area contributed by atoms with Crippen molar-refractivity contribution in [1.29, 1.82) is 0 Å². The van der Waals surface area contributed by atoms with Gasteiger partial charge in [0.1, 0.15) is 5.00 Å². The minimum atomic E-state index is 1.24. The van der Waals surface area contributed by atoms with Gasteiger partial charge in [-0.1, -0.05) is 35.9 Å². The van der Waals surface area contributed by atoms with Crippen molar-refractivity contribution in [1.82, 2.24) is 0 Å². The van der Waals surface area contributed by atoms with Gasteiger partial charge in [-0.25, -0.2) is 0 Å². The summed E-state index contributed by atoms with van der Waals surface area (Å²) in [7, 11) is 0. The first-order chi connectivity index (χ1) is 9.24. The molecule has 0 bridgehead atoms. The monoisotopic (exact) mass is 285 g/mol. The molecule has 0 spiro atoms. The van der Waals surface area contributed by atoms with Gasteiger partial charge in [0.25, 0.3) is 0 Å². The first-order valence-electron chi connectivity index (χ1n) is 6.22. The molecule has 1 N–H and O–H groups in total. The molecule has 3 heteroatoms. The molecule has 0 atom stereocenters. The van der Waals surface area contributed by atoms with Crippen molar-refractivity contribution in [2.24, 2.45) is 0 Å². The molecule has 3 aromatic rings. The van der Waals surface area contributed by atoms with Crippen LogP contribution < -0.4 is 4.72 Å². The lowest BCUT2D eigenvalue weighted by molar-refractivity contribution is 1.38. The molecule has 0 radical (unpaired) electrons. The Hall–Kier alpha value is -1.45. The second-order valence-corrected chi connectivity index (χ2v) is 6.50. The third-order valence-electron chi connectivity index (χ3n) is 3.13. The lowest BCUT2D eigenvalue weighted by atomic mass is 10.2. The van der Waals surface area contributed by atoms with Crippen molar-refractivity contribution >= 4 is 38.4 Å². The molecular formula is C16H15NS2. The molecule has 96 valence electrons. The minimum Gasteiger partial charge on any atom is -0.317 e. The average molecular weight is 285 g/mol. The van der Waals surface area contributed by atoms with Crippen LogP contribution in [0.3, 0.4) is 0 Å². The number of fused-ring (bicyclic) bond motifs is 1. The maximum Gasteiger partial charge on any atom is 0.103 e. The lowest BCUT2D eigenvalue weighted by Gasteiger charge is -2.04. The maximum atomic E-state index is 3.47. The van der Waals surface area contributed by atoms with Gasteiger partial charge in [0, 0.05) is 9.60 Å². The van der Waals surface area contributed by atoms with Crippen LogP contribution in [0.25, 0.3) is 10.1 Å². The predicted molar refractivity (Wildman–Crippen MR) is 87.2 cm³/mol. The first kappa shape index (κ1) is 12.6. The summed E-state index contributed by atoms with van der Waals surface area (Å²) in [6.45, 7) is 4.29. The highest BCUT2D eigenvalue weighted by Gasteiger charge is 2.07. The largest absolute Gasteiger partial charge is 0.317 e. The molecule has 0 aliphatic rings. The Balaban J connectivity index is 1.82. The number of hydrogen-bond donors (Lipinski definition) is 1. The van der Waals surface area contributed by atoms with Gasteiger partial charge in [-0.2, -0.15) is 0 Å². The third-order valence-corrected chi connectivity index (χ3v) is 5.26. The average Bonchev–Trinajstić information content (AvgIpc) is 2.76. The van der Waals surface area contributed by atoms with Crippen LogP contribution in [-0.2, 0) is 0 Å². The summed E-state index contributed by atoms with van der Waals surface area (Å²) in [6.07, 6.45) is 0. The van der Waals surface area contributed by atoms with E-state index in [2.05, 4.69) is 67.1 Å². The fourth-order valence-corrected chi connectivity index (χ4v) is 3.87. The van der Waals surface area contributed by atoms with E-state index in [0.29, 0.717) is 0 Å². The van der Waals surface area contributed by atoms with Crippen molar-refractivity contribution in [3.05, 3.63) is 59.7 Å². The van der Waals surface area contributed by atoms with Gasteiger partial charge in [0.15, 0.2) is 0 Å². The van der Waals surface area contributed by atoms with Crippen LogP contribution in [0.2, 0.25) is 0 Å². The highest BCUT2D eigenvalue weighted by molar-refractivity contribution is 8.00. The Kier molecular flexibility index (Phi) is 3.49. The number of thiophene rings is 1. The van der Waals surface area contributed by atoms with Crippen molar-refractivity contribution in [3.63, 3.8) is 0 Å². The van der Waals surface area contributed by atoms with Gasteiger partial charge in [0.05, 0.1) is 0 Å². The normalized spacial score (nSPS) is 10.8. The Morgan fingerprint density at radius 1 is 0.947 bits per heavy atom. The second kappa shape index (κ2) is 5.27. The minimum absolute atomic E-state index is 1.24. The zero-order valence-corrected chi connectivity index (χ0v) is 12.6. The fraction of sp³-hybridized carbons (Fsp3) is 0.125. The molecule has 0 aliphatic carbocycles. The number of hydrogen-bond acceptors (Lipinski definition) is 3. The Labute approximate surface area is 121 Å². The Bertz CT molecular complexity index is 698. The van der Waals surface area contributed by atoms with E-state index < -0.39 is 0 Å². The summed E-state index contributed by atoms with van der Waals surface area (Å²) in [5, 5.41) is 2.59. The Morgan fingerprint density at radius 2 is 1.68 bits per heavy atom. The molecule has 0 fully saturated rings. The molecule has 0 saturated heterocycles. The van der Waals surface area contributed by atoms with E-state index in [-0.39, 0.29) is 0 Å². The van der Waals surface area contributed by atoms with E-state index in [1.807, 2.05) is 11.3 Å². The van der Waals surface area contributed by atoms with Gasteiger partial charge in [-0.3, -0.25) is 0 Å². The second-order valence-electron chi connectivity index (χ2n) is 4.57. The van der Waals surface area contributed by atoms with Gasteiger partial charge in [-0.15, -0.1) is 11.3 Å². The number of nitrogens with one attached hydrogen (secondary N) is 1. The van der Waals surface area contributed by atoms with Crippen LogP contribution in [0.1, 0.15) is 11.1 Å². The predicted octanol–water partition coefficient (Wildman–Crippen LogP) is 5.64. The van der Waals surface area contributed by atoms with Crippen LogP contribution in [0, 0.1) is 13.8 Å². The number of benzene rings is 2. The molecule has 19 heavy (non-hydrogen) atoms. The quantitative estimate of drug-likeness (QED) is 0.625. The number of rotatable bonds is 3. The summed E-state index contributed by atoms with van der Waals surface area (Å²) in [6, 6.07) is 17.1. The van der Waals surface area contributed by atoms with Gasteiger partial charge >= 0.3 is 0 Å². The van der Waals surface area contributed by atoms with Crippen molar-refractivity contribution in [2.75, 3.05) is 4.72 Å². The highest BCUT2D eigenvalue weighted by atomic mass is 32.2. The lowest BCUT2D eigenvalue weighted by Crippen LogP contribution is -1.85. The van der Waals surface area contributed by atoms with E-state index in [0.717, 1.165) is 0 Å². The van der Waals surface area contributed by atoms with Crippen molar-refractivity contribution < 1.29 is 0 Å². The van der Waals surface area contributed by atoms with Gasteiger partial charge < -0.3 is 4.72 Å². The topological polar surface area (TPSA) is 12.0 Å². The molecule has 3 rings (SSSR count). The van der Waals surface area contributed by atoms with Crippen molar-refractivity contribution in [3.8, 4) is 0 Å². The van der Waals surface area contributed by atoms with E-state index in [4.69, 9.17) is 0 Å². The molecule has 2 aromatic carbocycles. The fourth-order valence-electron chi connectivity index (χ4n) is 1.98. The Morgan fingerprint density at radius 3 is 2.42 bits per heavy atom. The van der Waals surface area contributed by atoms with E-state index in [1.165, 1.54) is 31.1 Å². The number of anilines is 1. The first-order valence-corrected chi connectivity index (χ1v) is 7.85. The van der Waals surface area contributed by atoms with Gasteiger partial charge in [0.2, 0.25) is 0 Å². The summed E-state index contributed by atoms with van der Waals surface area (Å²) in [4.78, 5) is 1.24. The summed E-state index contributed by atoms with van der Waals surface area (Å²) in [5.74, 6) is 0. The molecule has 0 aliphatic heterocycles. The molecule has 1 nitrogen and oxygen atoms in total. The van der Waals surface area contributed by atoms with E-state index in [1.54, 1.807) is 11.9 Å².